The van der Waals surface area contributed by atoms with E-state index in [1.54, 1.807) is 12.1 Å². The van der Waals surface area contributed by atoms with Gasteiger partial charge in [-0.1, -0.05) is 19.1 Å². The third-order valence-electron chi connectivity index (χ3n) is 3.63. The molecule has 1 N–H and O–H groups in total. The summed E-state index contributed by atoms with van der Waals surface area (Å²) in [5.41, 5.74) is -0.312. The van der Waals surface area contributed by atoms with Gasteiger partial charge >= 0.3 is 6.18 Å². The SMILES string of the molecule is CCCOCc1cc(C(=O)Nc2ccccc2C(F)(F)F)ccc1OC. The molecule has 0 radical (unpaired) electrons. The number of alkyl halides is 3. The molecule has 2 aromatic rings. The highest BCUT2D eigenvalue weighted by atomic mass is 19.4. The lowest BCUT2D eigenvalue weighted by molar-refractivity contribution is -0.136. The second-order valence-corrected chi connectivity index (χ2v) is 5.58. The number of halogens is 3. The second-order valence-electron chi connectivity index (χ2n) is 5.58. The van der Waals surface area contributed by atoms with E-state index < -0.39 is 17.6 Å². The Balaban J connectivity index is 2.24. The van der Waals surface area contributed by atoms with Gasteiger partial charge in [0.2, 0.25) is 0 Å². The molecule has 0 aliphatic carbocycles. The number of methoxy groups -OCH3 is 1. The minimum absolute atomic E-state index is 0.220. The molecule has 2 rings (SSSR count). The van der Waals surface area contributed by atoms with Crippen molar-refractivity contribution < 1.29 is 27.4 Å². The number of anilines is 1. The molecule has 2 aromatic carbocycles. The van der Waals surface area contributed by atoms with E-state index in [0.29, 0.717) is 17.9 Å². The third kappa shape index (κ3) is 4.98. The van der Waals surface area contributed by atoms with Crippen molar-refractivity contribution >= 4 is 11.6 Å². The van der Waals surface area contributed by atoms with Gasteiger partial charge in [0.25, 0.3) is 5.91 Å². The van der Waals surface area contributed by atoms with E-state index in [1.807, 2.05) is 6.92 Å². The van der Waals surface area contributed by atoms with Crippen molar-refractivity contribution in [1.29, 1.82) is 0 Å². The first-order valence-electron chi connectivity index (χ1n) is 8.09. The molecule has 0 aliphatic rings. The number of hydrogen-bond donors (Lipinski definition) is 1. The second kappa shape index (κ2) is 8.71. The molecule has 0 atom stereocenters. The fourth-order valence-electron chi connectivity index (χ4n) is 2.39. The molecule has 0 aliphatic heterocycles. The number of nitrogens with one attached hydrogen (secondary N) is 1. The Kier molecular flexibility index (Phi) is 6.63. The summed E-state index contributed by atoms with van der Waals surface area (Å²) in [4.78, 5) is 12.4. The van der Waals surface area contributed by atoms with Crippen LogP contribution in [0.1, 0.15) is 34.8 Å². The highest BCUT2D eigenvalue weighted by Crippen LogP contribution is 2.34. The standard InChI is InChI=1S/C19H20F3NO3/c1-3-10-26-12-14-11-13(8-9-17(14)25-2)18(24)23-16-7-5-4-6-15(16)19(20,21)22/h4-9,11H,3,10,12H2,1-2H3,(H,23,24). The van der Waals surface area contributed by atoms with Crippen LogP contribution in [0, 0.1) is 0 Å². The van der Waals surface area contributed by atoms with Crippen molar-refractivity contribution in [3.8, 4) is 5.75 Å². The zero-order chi connectivity index (χ0) is 19.2. The van der Waals surface area contributed by atoms with Gasteiger partial charge in [0.05, 0.1) is 25.0 Å². The highest BCUT2D eigenvalue weighted by Gasteiger charge is 2.33. The molecule has 0 fully saturated rings. The molecule has 0 unspecified atom stereocenters. The number of ether oxygens (including phenoxy) is 2. The number of carbonyl (C=O) groups is 1. The van der Waals surface area contributed by atoms with Crippen molar-refractivity contribution in [2.75, 3.05) is 19.0 Å². The maximum absolute atomic E-state index is 13.1. The van der Waals surface area contributed by atoms with E-state index in [1.165, 1.54) is 31.4 Å². The monoisotopic (exact) mass is 367 g/mol. The number of carbonyl (C=O) groups excluding carboxylic acids is 1. The Labute approximate surface area is 149 Å². The quantitative estimate of drug-likeness (QED) is 0.709. The van der Waals surface area contributed by atoms with Gasteiger partial charge in [-0.2, -0.15) is 13.2 Å². The molecule has 1 amide bonds. The van der Waals surface area contributed by atoms with Crippen molar-refractivity contribution in [3.63, 3.8) is 0 Å². The van der Waals surface area contributed by atoms with Crippen LogP contribution in [0.25, 0.3) is 0 Å². The van der Waals surface area contributed by atoms with E-state index in [9.17, 15) is 18.0 Å². The van der Waals surface area contributed by atoms with Crippen LogP contribution in [0.3, 0.4) is 0 Å². The van der Waals surface area contributed by atoms with E-state index >= 15 is 0 Å². The summed E-state index contributed by atoms with van der Waals surface area (Å²) in [6.07, 6.45) is -3.71. The van der Waals surface area contributed by atoms with Gasteiger partial charge < -0.3 is 14.8 Å². The summed E-state index contributed by atoms with van der Waals surface area (Å²) in [6.45, 7) is 2.77. The maximum atomic E-state index is 13.1. The van der Waals surface area contributed by atoms with E-state index in [0.717, 1.165) is 12.5 Å². The summed E-state index contributed by atoms with van der Waals surface area (Å²) in [6, 6.07) is 9.49. The number of para-hydroxylation sites is 1. The largest absolute Gasteiger partial charge is 0.496 e. The zero-order valence-electron chi connectivity index (χ0n) is 14.5. The smallest absolute Gasteiger partial charge is 0.418 e. The van der Waals surface area contributed by atoms with Gasteiger partial charge in [0, 0.05) is 17.7 Å². The van der Waals surface area contributed by atoms with Crippen LogP contribution < -0.4 is 10.1 Å². The van der Waals surface area contributed by atoms with Gasteiger partial charge in [-0.3, -0.25) is 4.79 Å². The average Bonchev–Trinajstić information content (AvgIpc) is 2.61. The first-order chi connectivity index (χ1) is 12.4. The molecule has 7 heteroatoms. The molecule has 140 valence electrons. The van der Waals surface area contributed by atoms with E-state index in [2.05, 4.69) is 5.32 Å². The topological polar surface area (TPSA) is 47.6 Å². The molecule has 4 nitrogen and oxygen atoms in total. The number of amides is 1. The minimum atomic E-state index is -4.55. The van der Waals surface area contributed by atoms with Crippen LogP contribution in [0.15, 0.2) is 42.5 Å². The van der Waals surface area contributed by atoms with Gasteiger partial charge in [0.15, 0.2) is 0 Å². The highest BCUT2D eigenvalue weighted by molar-refractivity contribution is 6.04. The Hall–Kier alpha value is -2.54. The summed E-state index contributed by atoms with van der Waals surface area (Å²) in [5.74, 6) is -0.0885. The lowest BCUT2D eigenvalue weighted by atomic mass is 10.1. The minimum Gasteiger partial charge on any atom is -0.496 e. The van der Waals surface area contributed by atoms with Crippen molar-refractivity contribution in [2.45, 2.75) is 26.1 Å². The zero-order valence-corrected chi connectivity index (χ0v) is 14.5. The fraction of sp³-hybridized carbons (Fsp3) is 0.316. The van der Waals surface area contributed by atoms with Crippen molar-refractivity contribution in [2.24, 2.45) is 0 Å². The van der Waals surface area contributed by atoms with Crippen LogP contribution in [-0.2, 0) is 17.5 Å². The van der Waals surface area contributed by atoms with Gasteiger partial charge in [-0.05, 0) is 36.8 Å². The number of rotatable bonds is 7. The van der Waals surface area contributed by atoms with Crippen LogP contribution in [0.5, 0.6) is 5.75 Å². The summed E-state index contributed by atoms with van der Waals surface area (Å²) in [7, 11) is 1.50. The molecule has 26 heavy (non-hydrogen) atoms. The predicted octanol–water partition coefficient (Wildman–Crippen LogP) is 4.89. The molecule has 0 bridgehead atoms. The van der Waals surface area contributed by atoms with Crippen molar-refractivity contribution in [1.82, 2.24) is 0 Å². The van der Waals surface area contributed by atoms with E-state index in [4.69, 9.17) is 9.47 Å². The maximum Gasteiger partial charge on any atom is 0.418 e. The number of hydrogen-bond acceptors (Lipinski definition) is 3. The Bertz CT molecular complexity index is 760. The van der Waals surface area contributed by atoms with Crippen LogP contribution in [0.2, 0.25) is 0 Å². The first kappa shape index (κ1) is 19.8. The summed E-state index contributed by atoms with van der Waals surface area (Å²) < 4.78 is 49.9. The summed E-state index contributed by atoms with van der Waals surface area (Å²) >= 11 is 0. The van der Waals surface area contributed by atoms with Crippen LogP contribution in [0.4, 0.5) is 18.9 Å². The Morgan fingerprint density at radius 2 is 1.88 bits per heavy atom. The molecule has 0 aromatic heterocycles. The third-order valence-corrected chi connectivity index (χ3v) is 3.63. The Morgan fingerprint density at radius 1 is 1.15 bits per heavy atom. The predicted molar refractivity (Wildman–Crippen MR) is 92.3 cm³/mol. The average molecular weight is 367 g/mol. The van der Waals surface area contributed by atoms with Gasteiger partial charge in [-0.25, -0.2) is 0 Å². The fourth-order valence-corrected chi connectivity index (χ4v) is 2.39. The lowest BCUT2D eigenvalue weighted by Crippen LogP contribution is -2.17. The first-order valence-corrected chi connectivity index (χ1v) is 8.09. The van der Waals surface area contributed by atoms with Gasteiger partial charge in [-0.15, -0.1) is 0 Å². The van der Waals surface area contributed by atoms with Crippen molar-refractivity contribution in [3.05, 3.63) is 59.2 Å². The Morgan fingerprint density at radius 3 is 2.54 bits per heavy atom. The normalized spacial score (nSPS) is 11.3. The molecule has 0 saturated carbocycles. The van der Waals surface area contributed by atoms with Crippen LogP contribution in [-0.4, -0.2) is 19.6 Å². The molecule has 0 heterocycles. The summed E-state index contributed by atoms with van der Waals surface area (Å²) in [5, 5.41) is 2.32. The van der Waals surface area contributed by atoms with Crippen LogP contribution >= 0.6 is 0 Å². The molecule has 0 spiro atoms. The number of benzene rings is 2. The molecule has 0 saturated heterocycles. The molecular formula is C19H20F3NO3. The van der Waals surface area contributed by atoms with E-state index in [-0.39, 0.29) is 17.9 Å². The lowest BCUT2D eigenvalue weighted by Gasteiger charge is -2.14. The van der Waals surface area contributed by atoms with Gasteiger partial charge in [0.1, 0.15) is 5.75 Å². The molecular weight excluding hydrogens is 347 g/mol.